The summed E-state index contributed by atoms with van der Waals surface area (Å²) in [7, 11) is 0. The van der Waals surface area contributed by atoms with E-state index in [0.29, 0.717) is 6.04 Å². The van der Waals surface area contributed by atoms with Crippen LogP contribution in [0, 0.1) is 0 Å². The summed E-state index contributed by atoms with van der Waals surface area (Å²) in [4.78, 5) is 11.1. The molecular weight excluding hydrogens is 156 g/mol. The molecule has 0 aromatic heterocycles. The molecule has 1 atom stereocenters. The van der Waals surface area contributed by atoms with E-state index >= 15 is 0 Å². The molecule has 4 heteroatoms. The predicted molar refractivity (Wildman–Crippen MR) is 43.9 cm³/mol. The third-order valence-corrected chi connectivity index (χ3v) is 2.19. The molecule has 0 bridgehead atoms. The number of rotatable bonds is 2. The quantitative estimate of drug-likeness (QED) is 0.624. The molecule has 2 N–H and O–H groups in total. The Morgan fingerprint density at radius 1 is 1.42 bits per heavy atom. The molecule has 0 aromatic rings. The number of hydrogen-bond acceptors (Lipinski definition) is 3. The van der Waals surface area contributed by atoms with Crippen LogP contribution >= 0.6 is 0 Å². The van der Waals surface area contributed by atoms with Crippen LogP contribution in [0.4, 0.5) is 4.79 Å². The smallest absolute Gasteiger partial charge is 0.407 e. The Labute approximate surface area is 71.7 Å². The summed E-state index contributed by atoms with van der Waals surface area (Å²) in [5, 5.41) is 5.93. The first-order valence-corrected chi connectivity index (χ1v) is 4.52. The van der Waals surface area contributed by atoms with E-state index in [1.807, 2.05) is 0 Å². The molecular formula is C8H14N2O2. The lowest BCUT2D eigenvalue weighted by atomic mass is 10.3. The number of carbonyl (C=O) groups is 1. The van der Waals surface area contributed by atoms with Crippen LogP contribution in [0.3, 0.4) is 0 Å². The number of hydrogen-bond donors (Lipinski definition) is 2. The highest BCUT2D eigenvalue weighted by Gasteiger charge is 2.26. The van der Waals surface area contributed by atoms with Gasteiger partial charge in [0.1, 0.15) is 6.10 Å². The fraction of sp³-hybridized carbons (Fsp3) is 0.875. The van der Waals surface area contributed by atoms with E-state index in [1.165, 1.54) is 0 Å². The molecule has 4 nitrogen and oxygen atoms in total. The number of amides is 1. The molecule has 0 spiro atoms. The van der Waals surface area contributed by atoms with Gasteiger partial charge in [-0.15, -0.1) is 0 Å². The number of carbonyl (C=O) groups excluding carboxylic acids is 1. The molecule has 1 saturated heterocycles. The van der Waals surface area contributed by atoms with Crippen molar-refractivity contribution in [3.63, 3.8) is 0 Å². The predicted octanol–water partition coefficient (Wildman–Crippen LogP) is 0.237. The lowest BCUT2D eigenvalue weighted by Gasteiger charge is -2.10. The third kappa shape index (κ3) is 2.11. The lowest BCUT2D eigenvalue weighted by molar-refractivity contribution is 0.107. The van der Waals surface area contributed by atoms with E-state index in [1.54, 1.807) is 0 Å². The number of ether oxygens (including phenoxy) is 1. The van der Waals surface area contributed by atoms with Crippen LogP contribution in [0.25, 0.3) is 0 Å². The van der Waals surface area contributed by atoms with Crippen molar-refractivity contribution in [1.82, 2.24) is 10.6 Å². The van der Waals surface area contributed by atoms with Gasteiger partial charge in [-0.25, -0.2) is 4.79 Å². The summed E-state index contributed by atoms with van der Waals surface area (Å²) < 4.78 is 5.15. The van der Waals surface area contributed by atoms with E-state index in [9.17, 15) is 4.79 Å². The largest absolute Gasteiger partial charge is 0.445 e. The number of alkyl carbamates (subject to hydrolysis) is 1. The van der Waals surface area contributed by atoms with Crippen molar-refractivity contribution in [1.29, 1.82) is 0 Å². The first kappa shape index (κ1) is 7.86. The molecule has 2 aliphatic rings. The summed E-state index contributed by atoms with van der Waals surface area (Å²) in [5.74, 6) is 0. The van der Waals surface area contributed by atoms with Crippen LogP contribution in [0.1, 0.15) is 19.3 Å². The maximum Gasteiger partial charge on any atom is 0.407 e. The van der Waals surface area contributed by atoms with Gasteiger partial charge in [0.05, 0.1) is 0 Å². The van der Waals surface area contributed by atoms with E-state index in [2.05, 4.69) is 10.6 Å². The van der Waals surface area contributed by atoms with Gasteiger partial charge in [-0.1, -0.05) is 0 Å². The van der Waals surface area contributed by atoms with Crippen molar-refractivity contribution < 1.29 is 9.53 Å². The highest BCUT2D eigenvalue weighted by molar-refractivity contribution is 5.68. The van der Waals surface area contributed by atoms with E-state index in [4.69, 9.17) is 4.74 Å². The zero-order valence-electron chi connectivity index (χ0n) is 7.01. The fourth-order valence-electron chi connectivity index (χ4n) is 1.31. The Hall–Kier alpha value is -0.770. The van der Waals surface area contributed by atoms with Gasteiger partial charge < -0.3 is 15.4 Å². The van der Waals surface area contributed by atoms with Crippen molar-refractivity contribution >= 4 is 6.09 Å². The van der Waals surface area contributed by atoms with Gasteiger partial charge in [0, 0.05) is 12.6 Å². The zero-order chi connectivity index (χ0) is 8.39. The van der Waals surface area contributed by atoms with Crippen LogP contribution in [-0.4, -0.2) is 31.3 Å². The molecule has 2 rings (SSSR count). The Bertz CT molecular complexity index is 174. The highest BCUT2D eigenvalue weighted by Crippen LogP contribution is 2.18. The van der Waals surface area contributed by atoms with Gasteiger partial charge in [0.2, 0.25) is 0 Å². The van der Waals surface area contributed by atoms with Crippen molar-refractivity contribution in [2.45, 2.75) is 31.4 Å². The number of nitrogens with one attached hydrogen (secondary N) is 2. The third-order valence-electron chi connectivity index (χ3n) is 2.19. The molecule has 1 heterocycles. The van der Waals surface area contributed by atoms with Crippen molar-refractivity contribution in [3.8, 4) is 0 Å². The molecule has 0 unspecified atom stereocenters. The standard InChI is InChI=1S/C8H14N2O2/c11-8(10-6-1-2-6)12-7-3-4-9-5-7/h6-7,9H,1-5H2,(H,10,11)/t7-/m1/s1. The summed E-state index contributed by atoms with van der Waals surface area (Å²) in [5.41, 5.74) is 0. The zero-order valence-corrected chi connectivity index (χ0v) is 7.01. The highest BCUT2D eigenvalue weighted by atomic mass is 16.6. The Balaban J connectivity index is 1.66. The minimum Gasteiger partial charge on any atom is -0.445 e. The normalized spacial score (nSPS) is 28.5. The van der Waals surface area contributed by atoms with Crippen molar-refractivity contribution in [2.24, 2.45) is 0 Å². The van der Waals surface area contributed by atoms with E-state index < -0.39 is 0 Å². The summed E-state index contributed by atoms with van der Waals surface area (Å²) in [6, 6.07) is 0.395. The van der Waals surface area contributed by atoms with Gasteiger partial charge in [0.15, 0.2) is 0 Å². The monoisotopic (exact) mass is 170 g/mol. The van der Waals surface area contributed by atoms with Crippen LogP contribution in [0.5, 0.6) is 0 Å². The topological polar surface area (TPSA) is 50.4 Å². The summed E-state index contributed by atoms with van der Waals surface area (Å²) >= 11 is 0. The Morgan fingerprint density at radius 3 is 2.83 bits per heavy atom. The van der Waals surface area contributed by atoms with Crippen LogP contribution < -0.4 is 10.6 Å². The SMILES string of the molecule is O=C(NC1CC1)O[C@@H]1CCNC1. The average molecular weight is 170 g/mol. The van der Waals surface area contributed by atoms with Gasteiger partial charge in [-0.3, -0.25) is 0 Å². The minimum absolute atomic E-state index is 0.0868. The van der Waals surface area contributed by atoms with Crippen LogP contribution in [0.2, 0.25) is 0 Å². The van der Waals surface area contributed by atoms with E-state index in [-0.39, 0.29) is 12.2 Å². The maximum absolute atomic E-state index is 11.1. The van der Waals surface area contributed by atoms with Crippen molar-refractivity contribution in [2.75, 3.05) is 13.1 Å². The molecule has 2 fully saturated rings. The first-order valence-electron chi connectivity index (χ1n) is 4.52. The second-order valence-corrected chi connectivity index (χ2v) is 3.44. The molecule has 12 heavy (non-hydrogen) atoms. The van der Waals surface area contributed by atoms with Crippen molar-refractivity contribution in [3.05, 3.63) is 0 Å². The molecule has 68 valence electrons. The molecule has 0 aromatic carbocycles. The van der Waals surface area contributed by atoms with Gasteiger partial charge in [-0.05, 0) is 25.8 Å². The molecule has 1 aliphatic heterocycles. The van der Waals surface area contributed by atoms with Gasteiger partial charge in [-0.2, -0.15) is 0 Å². The summed E-state index contributed by atoms with van der Waals surface area (Å²) in [6.07, 6.45) is 3.00. The first-order chi connectivity index (χ1) is 5.84. The Morgan fingerprint density at radius 2 is 2.25 bits per heavy atom. The molecule has 1 saturated carbocycles. The van der Waals surface area contributed by atoms with Gasteiger partial charge >= 0.3 is 6.09 Å². The van der Waals surface area contributed by atoms with Crippen LogP contribution in [0.15, 0.2) is 0 Å². The Kier molecular flexibility index (Phi) is 2.17. The maximum atomic E-state index is 11.1. The fourth-order valence-corrected chi connectivity index (χ4v) is 1.31. The second kappa shape index (κ2) is 3.31. The van der Waals surface area contributed by atoms with Gasteiger partial charge in [0.25, 0.3) is 0 Å². The minimum atomic E-state index is -0.244. The molecule has 0 radical (unpaired) electrons. The molecule has 1 amide bonds. The van der Waals surface area contributed by atoms with E-state index in [0.717, 1.165) is 32.4 Å². The lowest BCUT2D eigenvalue weighted by Crippen LogP contribution is -2.31. The second-order valence-electron chi connectivity index (χ2n) is 3.44. The molecule has 1 aliphatic carbocycles. The average Bonchev–Trinajstić information content (AvgIpc) is 2.66. The summed E-state index contributed by atoms with van der Waals surface area (Å²) in [6.45, 7) is 1.76. The van der Waals surface area contributed by atoms with Crippen LogP contribution in [-0.2, 0) is 4.74 Å².